The highest BCUT2D eigenvalue weighted by molar-refractivity contribution is 6.01. The minimum Gasteiger partial charge on any atom is -0.399 e. The zero-order valence-electron chi connectivity index (χ0n) is 9.73. The van der Waals surface area contributed by atoms with Gasteiger partial charge >= 0.3 is 0 Å². The number of carbonyl (C=O) groups is 1. The first-order valence-corrected chi connectivity index (χ1v) is 6.10. The molecule has 1 aromatic carbocycles. The second-order valence-electron chi connectivity index (χ2n) is 4.82. The molecule has 3 heterocycles. The molecular formula is C14H16N2O. The van der Waals surface area contributed by atoms with Gasteiger partial charge < -0.3 is 10.6 Å². The molecule has 2 bridgehead atoms. The minimum absolute atomic E-state index is 0.264. The Kier molecular flexibility index (Phi) is 2.39. The number of nitrogen functional groups attached to an aromatic ring is 1. The van der Waals surface area contributed by atoms with Crippen LogP contribution in [0.1, 0.15) is 18.4 Å². The van der Waals surface area contributed by atoms with Gasteiger partial charge in [-0.2, -0.15) is 0 Å². The van der Waals surface area contributed by atoms with Crippen molar-refractivity contribution in [3.8, 4) is 0 Å². The van der Waals surface area contributed by atoms with Crippen molar-refractivity contribution in [1.82, 2.24) is 4.90 Å². The van der Waals surface area contributed by atoms with Gasteiger partial charge in [0, 0.05) is 24.7 Å². The Balaban J connectivity index is 1.93. The van der Waals surface area contributed by atoms with Crippen LogP contribution in [0.3, 0.4) is 0 Å². The topological polar surface area (TPSA) is 46.3 Å². The number of anilines is 1. The van der Waals surface area contributed by atoms with E-state index in [9.17, 15) is 4.79 Å². The summed E-state index contributed by atoms with van der Waals surface area (Å²) in [7, 11) is 0. The molecule has 3 nitrogen and oxygen atoms in total. The fourth-order valence-electron chi connectivity index (χ4n) is 2.66. The lowest BCUT2D eigenvalue weighted by molar-refractivity contribution is -0.125. The average Bonchev–Trinajstić information content (AvgIpc) is 2.37. The number of nitrogens with two attached hydrogens (primary N) is 1. The molecule has 1 aromatic rings. The molecule has 3 saturated heterocycles. The van der Waals surface area contributed by atoms with Crippen molar-refractivity contribution in [2.24, 2.45) is 5.92 Å². The Morgan fingerprint density at radius 3 is 2.41 bits per heavy atom. The van der Waals surface area contributed by atoms with Crippen LogP contribution in [0.4, 0.5) is 5.69 Å². The maximum atomic E-state index is 12.1. The van der Waals surface area contributed by atoms with Gasteiger partial charge in [0.2, 0.25) is 0 Å². The first-order valence-electron chi connectivity index (χ1n) is 6.10. The summed E-state index contributed by atoms with van der Waals surface area (Å²) in [6.45, 7) is 2.05. The van der Waals surface area contributed by atoms with Crippen LogP contribution in [0.2, 0.25) is 0 Å². The van der Waals surface area contributed by atoms with Gasteiger partial charge in [0.05, 0.1) is 5.70 Å². The van der Waals surface area contributed by atoms with Crippen LogP contribution >= 0.6 is 0 Å². The average molecular weight is 228 g/mol. The highest BCUT2D eigenvalue weighted by Crippen LogP contribution is 2.32. The van der Waals surface area contributed by atoms with Gasteiger partial charge in [0.25, 0.3) is 0 Å². The third-order valence-corrected chi connectivity index (χ3v) is 3.70. The first-order chi connectivity index (χ1) is 8.24. The van der Waals surface area contributed by atoms with Crippen molar-refractivity contribution in [2.75, 3.05) is 18.8 Å². The lowest BCUT2D eigenvalue weighted by Crippen LogP contribution is -2.45. The number of rotatable bonds is 1. The second kappa shape index (κ2) is 3.91. The summed E-state index contributed by atoms with van der Waals surface area (Å²) in [5.74, 6) is 0.583. The van der Waals surface area contributed by atoms with Crippen LogP contribution in [0, 0.1) is 5.92 Å². The standard InChI is InChI=1S/C14H16N2O/c15-12-3-1-10(2-4-12)9-13-14(17)11-5-7-16(13)8-6-11/h1-4,9,11H,5-8,15H2/b13-9+. The number of fused-ring (bicyclic) bond motifs is 3. The molecule has 4 rings (SSSR count). The largest absolute Gasteiger partial charge is 0.399 e. The highest BCUT2D eigenvalue weighted by atomic mass is 16.1. The quantitative estimate of drug-likeness (QED) is 0.590. The van der Waals surface area contributed by atoms with Gasteiger partial charge in [-0.25, -0.2) is 0 Å². The Bertz CT molecular complexity index is 468. The van der Waals surface area contributed by atoms with Crippen molar-refractivity contribution in [3.05, 3.63) is 35.5 Å². The monoisotopic (exact) mass is 228 g/mol. The maximum absolute atomic E-state index is 12.1. The zero-order chi connectivity index (χ0) is 11.8. The normalized spacial score (nSPS) is 22.5. The van der Waals surface area contributed by atoms with Crippen LogP contribution in [0.5, 0.6) is 0 Å². The Labute approximate surface area is 101 Å². The summed E-state index contributed by atoms with van der Waals surface area (Å²) in [5, 5.41) is 0. The van der Waals surface area contributed by atoms with Crippen LogP contribution in [0.25, 0.3) is 6.08 Å². The zero-order valence-corrected chi connectivity index (χ0v) is 9.73. The molecule has 3 fully saturated rings. The molecule has 0 aliphatic carbocycles. The molecule has 3 heteroatoms. The van der Waals surface area contributed by atoms with Gasteiger partial charge in [0.1, 0.15) is 0 Å². The number of piperidine rings is 3. The van der Waals surface area contributed by atoms with E-state index in [2.05, 4.69) is 4.90 Å². The predicted molar refractivity (Wildman–Crippen MR) is 68.1 cm³/mol. The molecule has 0 spiro atoms. The predicted octanol–water partition coefficient (Wildman–Crippen LogP) is 1.90. The highest BCUT2D eigenvalue weighted by Gasteiger charge is 2.36. The van der Waals surface area contributed by atoms with Crippen molar-refractivity contribution < 1.29 is 4.79 Å². The van der Waals surface area contributed by atoms with Crippen molar-refractivity contribution >= 4 is 17.5 Å². The second-order valence-corrected chi connectivity index (χ2v) is 4.82. The fraction of sp³-hybridized carbons (Fsp3) is 0.357. The van der Waals surface area contributed by atoms with Crippen LogP contribution in [-0.4, -0.2) is 23.8 Å². The molecule has 88 valence electrons. The van der Waals surface area contributed by atoms with Crippen molar-refractivity contribution in [1.29, 1.82) is 0 Å². The molecule has 2 N–H and O–H groups in total. The summed E-state index contributed by atoms with van der Waals surface area (Å²) < 4.78 is 0. The smallest absolute Gasteiger partial charge is 0.182 e. The van der Waals surface area contributed by atoms with Gasteiger partial charge in [-0.1, -0.05) is 12.1 Å². The fourth-order valence-corrected chi connectivity index (χ4v) is 2.66. The van der Waals surface area contributed by atoms with E-state index in [1.54, 1.807) is 0 Å². The van der Waals surface area contributed by atoms with E-state index in [1.807, 2.05) is 30.3 Å². The SMILES string of the molecule is Nc1ccc(/C=C2\C(=O)C3CCN2CC3)cc1. The lowest BCUT2D eigenvalue weighted by atomic mass is 9.84. The van der Waals surface area contributed by atoms with E-state index < -0.39 is 0 Å². The molecule has 17 heavy (non-hydrogen) atoms. The maximum Gasteiger partial charge on any atom is 0.182 e. The summed E-state index contributed by atoms with van der Waals surface area (Å²) in [6.07, 6.45) is 4.04. The number of hydrogen-bond acceptors (Lipinski definition) is 3. The number of Topliss-reactive ketones (excluding diaryl/α,β-unsaturated/α-hetero) is 1. The van der Waals surface area contributed by atoms with Crippen molar-refractivity contribution in [3.63, 3.8) is 0 Å². The number of carbonyl (C=O) groups excluding carboxylic acids is 1. The van der Waals surface area contributed by atoms with Gasteiger partial charge in [0.15, 0.2) is 5.78 Å². The van der Waals surface area contributed by atoms with Crippen LogP contribution < -0.4 is 5.73 Å². The molecule has 3 aliphatic rings. The van der Waals surface area contributed by atoms with E-state index in [1.165, 1.54) is 0 Å². The molecule has 0 amide bonds. The molecule has 0 saturated carbocycles. The van der Waals surface area contributed by atoms with E-state index in [-0.39, 0.29) is 5.92 Å². The van der Waals surface area contributed by atoms with E-state index in [0.29, 0.717) is 5.78 Å². The van der Waals surface area contributed by atoms with E-state index in [4.69, 9.17) is 5.73 Å². The Morgan fingerprint density at radius 1 is 1.18 bits per heavy atom. The third kappa shape index (κ3) is 1.82. The van der Waals surface area contributed by atoms with Crippen LogP contribution in [-0.2, 0) is 4.79 Å². The number of ketones is 1. The molecule has 3 aliphatic heterocycles. The molecular weight excluding hydrogens is 212 g/mol. The molecule has 0 radical (unpaired) electrons. The van der Waals surface area contributed by atoms with Crippen molar-refractivity contribution in [2.45, 2.75) is 12.8 Å². The van der Waals surface area contributed by atoms with Gasteiger partial charge in [-0.15, -0.1) is 0 Å². The first kappa shape index (κ1) is 10.4. The molecule has 0 atom stereocenters. The molecule has 0 aromatic heterocycles. The number of benzene rings is 1. The Hall–Kier alpha value is -1.77. The summed E-state index contributed by atoms with van der Waals surface area (Å²) in [6, 6.07) is 7.65. The third-order valence-electron chi connectivity index (χ3n) is 3.70. The van der Waals surface area contributed by atoms with Gasteiger partial charge in [-0.3, -0.25) is 4.79 Å². The number of allylic oxidation sites excluding steroid dienone is 1. The van der Waals surface area contributed by atoms with E-state index in [0.717, 1.165) is 42.9 Å². The number of hydrogen-bond donors (Lipinski definition) is 1. The summed E-state index contributed by atoms with van der Waals surface area (Å²) in [5.41, 5.74) is 8.34. The lowest BCUT2D eigenvalue weighted by Gasteiger charge is -2.41. The van der Waals surface area contributed by atoms with Crippen LogP contribution in [0.15, 0.2) is 30.0 Å². The molecule has 0 unspecified atom stereocenters. The summed E-state index contributed by atoms with van der Waals surface area (Å²) in [4.78, 5) is 14.3. The number of nitrogens with zero attached hydrogens (tertiary/aromatic N) is 1. The summed E-state index contributed by atoms with van der Waals surface area (Å²) >= 11 is 0. The van der Waals surface area contributed by atoms with Gasteiger partial charge in [-0.05, 0) is 36.6 Å². The minimum atomic E-state index is 0.264. The van der Waals surface area contributed by atoms with E-state index >= 15 is 0 Å². The Morgan fingerprint density at radius 2 is 1.82 bits per heavy atom.